The smallest absolute Gasteiger partial charge is 0.258 e. The van der Waals surface area contributed by atoms with Crippen molar-refractivity contribution in [2.45, 2.75) is 26.3 Å². The van der Waals surface area contributed by atoms with Crippen LogP contribution in [0.25, 0.3) is 0 Å². The van der Waals surface area contributed by atoms with Gasteiger partial charge in [0.25, 0.3) is 5.91 Å². The molecular weight excluding hydrogens is 220 g/mol. The summed E-state index contributed by atoms with van der Waals surface area (Å²) in [7, 11) is 0. The lowest BCUT2D eigenvalue weighted by atomic mass is 10.1. The Morgan fingerprint density at radius 3 is 2.88 bits per heavy atom. The van der Waals surface area contributed by atoms with Crippen LogP contribution in [0, 0.1) is 6.92 Å². The molecule has 0 bridgehead atoms. The Kier molecular flexibility index (Phi) is 4.39. The number of hydrogen-bond donors (Lipinski definition) is 2. The number of nitrogens with two attached hydrogens (primary N) is 1. The van der Waals surface area contributed by atoms with Gasteiger partial charge in [0.05, 0.1) is 0 Å². The average molecular weight is 238 g/mol. The fourth-order valence-corrected chi connectivity index (χ4v) is 1.05. The number of ether oxygens (including phenoxy) is 1. The molecule has 0 aliphatic rings. The first-order valence-corrected chi connectivity index (χ1v) is 5.33. The molecule has 0 saturated carbocycles. The van der Waals surface area contributed by atoms with E-state index in [0.29, 0.717) is 12.4 Å². The van der Waals surface area contributed by atoms with Gasteiger partial charge in [-0.25, -0.2) is 9.97 Å². The standard InChI is InChI=1S/C11H18N4O2/c1-8-4-13-7-15-10(8)17-5-9(16)14-6-11(2,3)12/h4,7H,5-6,12H2,1-3H3,(H,14,16). The largest absolute Gasteiger partial charge is 0.467 e. The third kappa shape index (κ3) is 5.26. The van der Waals surface area contributed by atoms with E-state index in [1.165, 1.54) is 6.33 Å². The molecule has 6 heteroatoms. The Morgan fingerprint density at radius 1 is 1.59 bits per heavy atom. The van der Waals surface area contributed by atoms with Gasteiger partial charge >= 0.3 is 0 Å². The van der Waals surface area contributed by atoms with E-state index in [1.807, 2.05) is 20.8 Å². The summed E-state index contributed by atoms with van der Waals surface area (Å²) in [5.41, 5.74) is 6.10. The summed E-state index contributed by atoms with van der Waals surface area (Å²) in [5, 5.41) is 2.68. The minimum Gasteiger partial charge on any atom is -0.467 e. The van der Waals surface area contributed by atoms with E-state index in [2.05, 4.69) is 15.3 Å². The van der Waals surface area contributed by atoms with Gasteiger partial charge in [-0.05, 0) is 20.8 Å². The molecule has 0 aliphatic heterocycles. The van der Waals surface area contributed by atoms with Crippen LogP contribution in [0.2, 0.25) is 0 Å². The van der Waals surface area contributed by atoms with Crippen LogP contribution in [-0.4, -0.2) is 34.6 Å². The SMILES string of the molecule is Cc1cncnc1OCC(=O)NCC(C)(C)N. The lowest BCUT2D eigenvalue weighted by Gasteiger charge is -2.18. The van der Waals surface area contributed by atoms with E-state index in [0.717, 1.165) is 5.56 Å². The molecule has 1 rings (SSSR count). The first kappa shape index (κ1) is 13.4. The van der Waals surface area contributed by atoms with Crippen LogP contribution >= 0.6 is 0 Å². The van der Waals surface area contributed by atoms with Crippen LogP contribution in [0.3, 0.4) is 0 Å². The van der Waals surface area contributed by atoms with Crippen LogP contribution in [0.1, 0.15) is 19.4 Å². The number of amides is 1. The van der Waals surface area contributed by atoms with Crippen molar-refractivity contribution in [2.75, 3.05) is 13.2 Å². The first-order valence-electron chi connectivity index (χ1n) is 5.33. The van der Waals surface area contributed by atoms with Gasteiger partial charge in [0, 0.05) is 23.8 Å². The summed E-state index contributed by atoms with van der Waals surface area (Å²) in [6.45, 7) is 5.81. The highest BCUT2D eigenvalue weighted by Crippen LogP contribution is 2.09. The molecule has 0 radical (unpaired) electrons. The highest BCUT2D eigenvalue weighted by Gasteiger charge is 2.12. The second-order valence-corrected chi connectivity index (χ2v) is 4.56. The van der Waals surface area contributed by atoms with Crippen LogP contribution in [0.4, 0.5) is 0 Å². The number of hydrogen-bond acceptors (Lipinski definition) is 5. The van der Waals surface area contributed by atoms with Gasteiger partial charge in [-0.3, -0.25) is 4.79 Å². The Bertz CT molecular complexity index is 387. The van der Waals surface area contributed by atoms with Crippen molar-refractivity contribution in [2.24, 2.45) is 5.73 Å². The van der Waals surface area contributed by atoms with Crippen LogP contribution in [-0.2, 0) is 4.79 Å². The van der Waals surface area contributed by atoms with Crippen molar-refractivity contribution >= 4 is 5.91 Å². The molecule has 0 saturated heterocycles. The average Bonchev–Trinajstić information content (AvgIpc) is 2.24. The van der Waals surface area contributed by atoms with Crippen molar-refractivity contribution in [3.63, 3.8) is 0 Å². The van der Waals surface area contributed by atoms with Gasteiger partial charge in [-0.1, -0.05) is 0 Å². The first-order chi connectivity index (χ1) is 7.88. The number of carbonyl (C=O) groups excluding carboxylic acids is 1. The van der Waals surface area contributed by atoms with Crippen LogP contribution < -0.4 is 15.8 Å². The number of rotatable bonds is 5. The molecule has 0 unspecified atom stereocenters. The van der Waals surface area contributed by atoms with E-state index in [9.17, 15) is 4.79 Å². The molecule has 6 nitrogen and oxygen atoms in total. The molecule has 0 spiro atoms. The maximum absolute atomic E-state index is 11.4. The van der Waals surface area contributed by atoms with Crippen LogP contribution in [0.15, 0.2) is 12.5 Å². The topological polar surface area (TPSA) is 90.1 Å². The monoisotopic (exact) mass is 238 g/mol. The molecule has 0 aliphatic carbocycles. The lowest BCUT2D eigenvalue weighted by molar-refractivity contribution is -0.123. The molecule has 3 N–H and O–H groups in total. The molecule has 1 aromatic rings. The highest BCUT2D eigenvalue weighted by molar-refractivity contribution is 5.77. The number of nitrogens with zero attached hydrogens (tertiary/aromatic N) is 2. The molecule has 0 atom stereocenters. The minimum absolute atomic E-state index is 0.0755. The fourth-order valence-electron chi connectivity index (χ4n) is 1.05. The summed E-state index contributed by atoms with van der Waals surface area (Å²) in [4.78, 5) is 19.2. The second kappa shape index (κ2) is 5.58. The van der Waals surface area contributed by atoms with Gasteiger partial charge in [0.2, 0.25) is 5.88 Å². The fraction of sp³-hybridized carbons (Fsp3) is 0.545. The van der Waals surface area contributed by atoms with Gasteiger partial charge < -0.3 is 15.8 Å². The van der Waals surface area contributed by atoms with Crippen LogP contribution in [0.5, 0.6) is 5.88 Å². The van der Waals surface area contributed by atoms with Gasteiger partial charge in [0.1, 0.15) is 6.33 Å². The Morgan fingerprint density at radius 2 is 2.29 bits per heavy atom. The van der Waals surface area contributed by atoms with Crippen molar-refractivity contribution in [3.8, 4) is 5.88 Å². The van der Waals surface area contributed by atoms with E-state index in [-0.39, 0.29) is 12.5 Å². The third-order valence-corrected chi connectivity index (χ3v) is 1.93. The van der Waals surface area contributed by atoms with E-state index >= 15 is 0 Å². The third-order valence-electron chi connectivity index (χ3n) is 1.93. The molecule has 1 aromatic heterocycles. The zero-order valence-electron chi connectivity index (χ0n) is 10.4. The Labute approximate surface area is 101 Å². The summed E-state index contributed by atoms with van der Waals surface area (Å²) in [5.74, 6) is 0.198. The van der Waals surface area contributed by atoms with E-state index in [4.69, 9.17) is 10.5 Å². The summed E-state index contributed by atoms with van der Waals surface area (Å²) in [6.07, 6.45) is 3.01. The normalized spacial score (nSPS) is 11.1. The predicted octanol–water partition coefficient (Wildman–Crippen LogP) is 0.0173. The number of aryl methyl sites for hydroxylation is 1. The summed E-state index contributed by atoms with van der Waals surface area (Å²) < 4.78 is 5.26. The predicted molar refractivity (Wildman–Crippen MR) is 63.5 cm³/mol. The van der Waals surface area contributed by atoms with E-state index < -0.39 is 5.54 Å². The van der Waals surface area contributed by atoms with Crippen molar-refractivity contribution in [1.82, 2.24) is 15.3 Å². The molecule has 0 aromatic carbocycles. The highest BCUT2D eigenvalue weighted by atomic mass is 16.5. The molecule has 0 fully saturated rings. The van der Waals surface area contributed by atoms with Gasteiger partial charge in [0.15, 0.2) is 6.61 Å². The second-order valence-electron chi connectivity index (χ2n) is 4.56. The zero-order chi connectivity index (χ0) is 12.9. The van der Waals surface area contributed by atoms with Gasteiger partial charge in [-0.15, -0.1) is 0 Å². The quantitative estimate of drug-likeness (QED) is 0.754. The van der Waals surface area contributed by atoms with E-state index in [1.54, 1.807) is 6.20 Å². The number of nitrogens with one attached hydrogen (secondary N) is 1. The minimum atomic E-state index is -0.430. The molecule has 1 heterocycles. The summed E-state index contributed by atoms with van der Waals surface area (Å²) >= 11 is 0. The van der Waals surface area contributed by atoms with Crippen molar-refractivity contribution in [3.05, 3.63) is 18.1 Å². The maximum atomic E-state index is 11.4. The molecule has 94 valence electrons. The maximum Gasteiger partial charge on any atom is 0.258 e. The Balaban J connectivity index is 2.36. The molecule has 17 heavy (non-hydrogen) atoms. The van der Waals surface area contributed by atoms with Gasteiger partial charge in [-0.2, -0.15) is 0 Å². The Hall–Kier alpha value is -1.69. The van der Waals surface area contributed by atoms with Crippen molar-refractivity contribution in [1.29, 1.82) is 0 Å². The molecular formula is C11H18N4O2. The summed E-state index contributed by atoms with van der Waals surface area (Å²) in [6, 6.07) is 0. The lowest BCUT2D eigenvalue weighted by Crippen LogP contribution is -2.46. The zero-order valence-corrected chi connectivity index (χ0v) is 10.4. The number of carbonyl (C=O) groups is 1. The number of aromatic nitrogens is 2. The molecule has 1 amide bonds. The van der Waals surface area contributed by atoms with Crippen molar-refractivity contribution < 1.29 is 9.53 Å².